The number of nitrogens with one attached hydrogen (secondary N) is 3. The van der Waals surface area contributed by atoms with E-state index in [-0.39, 0.29) is 11.9 Å². The molecule has 0 bridgehead atoms. The molecule has 3 rings (SSSR count). The van der Waals surface area contributed by atoms with Gasteiger partial charge in [-0.15, -0.1) is 0 Å². The number of rotatable bonds is 6. The Morgan fingerprint density at radius 1 is 1.30 bits per heavy atom. The van der Waals surface area contributed by atoms with Crippen molar-refractivity contribution in [3.05, 3.63) is 58.4 Å². The van der Waals surface area contributed by atoms with Crippen LogP contribution in [0, 0.1) is 11.6 Å². The van der Waals surface area contributed by atoms with Gasteiger partial charge in [-0.25, -0.2) is 13.8 Å². The lowest BCUT2D eigenvalue weighted by Crippen LogP contribution is -2.34. The highest BCUT2D eigenvalue weighted by Crippen LogP contribution is 2.23. The van der Waals surface area contributed by atoms with E-state index in [4.69, 9.17) is 11.6 Å². The molecule has 27 heavy (non-hydrogen) atoms. The van der Waals surface area contributed by atoms with Crippen molar-refractivity contribution < 1.29 is 13.6 Å². The molecule has 142 valence electrons. The molecule has 0 saturated carbocycles. The van der Waals surface area contributed by atoms with Gasteiger partial charge in [0.2, 0.25) is 0 Å². The average Bonchev–Trinajstić information content (AvgIpc) is 2.98. The van der Waals surface area contributed by atoms with Crippen LogP contribution in [0.25, 0.3) is 10.9 Å². The first kappa shape index (κ1) is 19.1. The van der Waals surface area contributed by atoms with E-state index >= 15 is 0 Å². The number of nitrogens with zero attached hydrogens (tertiary/aromatic N) is 1. The summed E-state index contributed by atoms with van der Waals surface area (Å²) in [4.78, 5) is 19.5. The van der Waals surface area contributed by atoms with E-state index in [9.17, 15) is 13.6 Å². The van der Waals surface area contributed by atoms with Crippen molar-refractivity contribution >= 4 is 34.2 Å². The molecular formula is C19H19ClF2N4O. The standard InChI is InChI=1S/C19H19ClF2N4O/c1-3-23-18-14(20)5-12(9-25-18)19(27)26-10(2)4-11-8-24-17-7-16(22)15(21)6-13(11)17/h5-10,24H,3-4H2,1-2H3,(H,23,25)(H,26,27). The summed E-state index contributed by atoms with van der Waals surface area (Å²) in [5, 5.41) is 6.83. The van der Waals surface area contributed by atoms with Crippen molar-refractivity contribution in [1.29, 1.82) is 0 Å². The molecule has 0 spiro atoms. The molecule has 1 aromatic carbocycles. The number of anilines is 1. The number of fused-ring (bicyclic) bond motifs is 1. The van der Waals surface area contributed by atoms with Crippen molar-refractivity contribution in [2.24, 2.45) is 0 Å². The summed E-state index contributed by atoms with van der Waals surface area (Å²) in [5.74, 6) is -1.59. The molecule has 0 saturated heterocycles. The molecule has 5 nitrogen and oxygen atoms in total. The lowest BCUT2D eigenvalue weighted by molar-refractivity contribution is 0.0940. The van der Waals surface area contributed by atoms with Gasteiger partial charge in [-0.05, 0) is 38.0 Å². The summed E-state index contributed by atoms with van der Waals surface area (Å²) in [6.07, 6.45) is 3.60. The van der Waals surface area contributed by atoms with E-state index in [1.54, 1.807) is 12.3 Å². The second kappa shape index (κ2) is 7.92. The largest absolute Gasteiger partial charge is 0.369 e. The first-order valence-electron chi connectivity index (χ1n) is 8.54. The number of hydrogen-bond donors (Lipinski definition) is 3. The van der Waals surface area contributed by atoms with Gasteiger partial charge >= 0.3 is 0 Å². The SMILES string of the molecule is CCNc1ncc(C(=O)NC(C)Cc2c[nH]c3cc(F)c(F)cc23)cc1Cl. The predicted molar refractivity (Wildman–Crippen MR) is 102 cm³/mol. The van der Waals surface area contributed by atoms with Crippen molar-refractivity contribution in [3.63, 3.8) is 0 Å². The molecule has 0 aliphatic carbocycles. The highest BCUT2D eigenvalue weighted by atomic mass is 35.5. The van der Waals surface area contributed by atoms with Crippen molar-refractivity contribution in [1.82, 2.24) is 15.3 Å². The Hall–Kier alpha value is -2.67. The first-order chi connectivity index (χ1) is 12.9. The zero-order valence-corrected chi connectivity index (χ0v) is 15.6. The molecule has 3 N–H and O–H groups in total. The number of benzene rings is 1. The van der Waals surface area contributed by atoms with Crippen LogP contribution in [0.5, 0.6) is 0 Å². The van der Waals surface area contributed by atoms with E-state index in [2.05, 4.69) is 20.6 Å². The number of halogens is 3. The maximum atomic E-state index is 13.5. The van der Waals surface area contributed by atoms with Crippen LogP contribution >= 0.6 is 11.6 Å². The number of hydrogen-bond acceptors (Lipinski definition) is 3. The molecular weight excluding hydrogens is 374 g/mol. The topological polar surface area (TPSA) is 69.8 Å². The minimum absolute atomic E-state index is 0.239. The molecule has 1 unspecified atom stereocenters. The number of H-pyrrole nitrogens is 1. The number of carbonyl (C=O) groups excluding carboxylic acids is 1. The number of carbonyl (C=O) groups is 1. The van der Waals surface area contributed by atoms with Crippen LogP contribution in [0.15, 0.2) is 30.6 Å². The Balaban J connectivity index is 1.70. The quantitative estimate of drug-likeness (QED) is 0.586. The third-order valence-electron chi connectivity index (χ3n) is 4.16. The minimum Gasteiger partial charge on any atom is -0.369 e. The van der Waals surface area contributed by atoms with E-state index in [1.165, 1.54) is 6.20 Å². The van der Waals surface area contributed by atoms with Gasteiger partial charge in [0.05, 0.1) is 10.6 Å². The van der Waals surface area contributed by atoms with Gasteiger partial charge in [0.15, 0.2) is 11.6 Å². The van der Waals surface area contributed by atoms with Gasteiger partial charge in [0, 0.05) is 41.9 Å². The van der Waals surface area contributed by atoms with E-state index in [0.717, 1.165) is 17.7 Å². The minimum atomic E-state index is -0.901. The first-order valence-corrected chi connectivity index (χ1v) is 8.92. The third-order valence-corrected chi connectivity index (χ3v) is 4.45. The molecule has 1 atom stereocenters. The highest BCUT2D eigenvalue weighted by Gasteiger charge is 2.15. The predicted octanol–water partition coefficient (Wildman–Crippen LogP) is 4.29. The molecule has 0 aliphatic heterocycles. The van der Waals surface area contributed by atoms with E-state index in [0.29, 0.717) is 40.3 Å². The summed E-state index contributed by atoms with van der Waals surface area (Å²) in [6.45, 7) is 4.42. The lowest BCUT2D eigenvalue weighted by atomic mass is 10.1. The number of amides is 1. The Kier molecular flexibility index (Phi) is 5.60. The van der Waals surface area contributed by atoms with Gasteiger partial charge in [-0.2, -0.15) is 0 Å². The molecule has 8 heteroatoms. The fourth-order valence-corrected chi connectivity index (χ4v) is 3.12. The van der Waals surface area contributed by atoms with Crippen LogP contribution in [-0.4, -0.2) is 28.5 Å². The van der Waals surface area contributed by atoms with Crippen LogP contribution in [0.2, 0.25) is 5.02 Å². The van der Waals surface area contributed by atoms with Crippen LogP contribution < -0.4 is 10.6 Å². The average molecular weight is 393 g/mol. The summed E-state index contributed by atoms with van der Waals surface area (Å²) in [7, 11) is 0. The van der Waals surface area contributed by atoms with Gasteiger partial charge < -0.3 is 15.6 Å². The van der Waals surface area contributed by atoms with Crippen LogP contribution in [0.3, 0.4) is 0 Å². The number of pyridine rings is 1. The van der Waals surface area contributed by atoms with Crippen molar-refractivity contribution in [2.45, 2.75) is 26.3 Å². The number of aromatic nitrogens is 2. The Labute approximate surface area is 160 Å². The van der Waals surface area contributed by atoms with E-state index < -0.39 is 11.6 Å². The second-order valence-electron chi connectivity index (χ2n) is 6.29. The normalized spacial score (nSPS) is 12.2. The molecule has 3 aromatic rings. The van der Waals surface area contributed by atoms with Gasteiger partial charge in [0.25, 0.3) is 5.91 Å². The monoisotopic (exact) mass is 392 g/mol. The summed E-state index contributed by atoms with van der Waals surface area (Å²) in [6, 6.07) is 3.60. The zero-order chi connectivity index (χ0) is 19.6. The maximum absolute atomic E-state index is 13.5. The zero-order valence-electron chi connectivity index (χ0n) is 14.9. The van der Waals surface area contributed by atoms with Crippen LogP contribution in [-0.2, 0) is 6.42 Å². The Bertz CT molecular complexity index is 989. The van der Waals surface area contributed by atoms with Crippen molar-refractivity contribution in [2.75, 3.05) is 11.9 Å². The second-order valence-corrected chi connectivity index (χ2v) is 6.70. The van der Waals surface area contributed by atoms with Crippen LogP contribution in [0.1, 0.15) is 29.8 Å². The molecule has 0 radical (unpaired) electrons. The summed E-state index contributed by atoms with van der Waals surface area (Å²) >= 11 is 6.12. The highest BCUT2D eigenvalue weighted by molar-refractivity contribution is 6.33. The molecule has 1 amide bonds. The summed E-state index contributed by atoms with van der Waals surface area (Å²) in [5.41, 5.74) is 1.65. The van der Waals surface area contributed by atoms with Gasteiger partial charge in [0.1, 0.15) is 5.82 Å². The fraction of sp³-hybridized carbons (Fsp3) is 0.263. The van der Waals surface area contributed by atoms with Gasteiger partial charge in [-0.3, -0.25) is 4.79 Å². The Morgan fingerprint density at radius 3 is 2.74 bits per heavy atom. The lowest BCUT2D eigenvalue weighted by Gasteiger charge is -2.14. The maximum Gasteiger partial charge on any atom is 0.253 e. The number of aromatic amines is 1. The smallest absolute Gasteiger partial charge is 0.253 e. The summed E-state index contributed by atoms with van der Waals surface area (Å²) < 4.78 is 26.8. The third kappa shape index (κ3) is 4.19. The fourth-order valence-electron chi connectivity index (χ4n) is 2.89. The molecule has 0 fully saturated rings. The Morgan fingerprint density at radius 2 is 2.04 bits per heavy atom. The molecule has 2 heterocycles. The van der Waals surface area contributed by atoms with E-state index in [1.807, 2.05) is 13.8 Å². The molecule has 2 aromatic heterocycles. The molecule has 0 aliphatic rings. The van der Waals surface area contributed by atoms with Crippen LogP contribution in [0.4, 0.5) is 14.6 Å². The van der Waals surface area contributed by atoms with Gasteiger partial charge in [-0.1, -0.05) is 11.6 Å². The van der Waals surface area contributed by atoms with Crippen molar-refractivity contribution in [3.8, 4) is 0 Å².